The third kappa shape index (κ3) is 9.25. The van der Waals surface area contributed by atoms with Crippen molar-refractivity contribution in [2.45, 2.75) is 38.8 Å². The number of carbonyl (C=O) groups excluding carboxylic acids is 3. The van der Waals surface area contributed by atoms with E-state index in [9.17, 15) is 24.0 Å². The second-order valence-corrected chi connectivity index (χ2v) is 5.60. The van der Waals surface area contributed by atoms with Crippen LogP contribution in [0.4, 0.5) is 0 Å². The third-order valence-electron chi connectivity index (χ3n) is 3.16. The lowest BCUT2D eigenvalue weighted by atomic mass is 10.0. The molecule has 0 aromatic carbocycles. The summed E-state index contributed by atoms with van der Waals surface area (Å²) in [6.07, 6.45) is -0.719. The number of hydrogen-bond donors (Lipinski definition) is 6. The molecule has 0 heterocycles. The zero-order valence-electron chi connectivity index (χ0n) is 14.1. The molecule has 2 atom stereocenters. The van der Waals surface area contributed by atoms with Crippen LogP contribution in [0.25, 0.3) is 0 Å². The van der Waals surface area contributed by atoms with Crippen molar-refractivity contribution in [3.63, 3.8) is 0 Å². The van der Waals surface area contributed by atoms with Crippen LogP contribution >= 0.6 is 0 Å². The van der Waals surface area contributed by atoms with Crippen LogP contribution in [-0.2, 0) is 24.0 Å². The summed E-state index contributed by atoms with van der Waals surface area (Å²) in [5.74, 6) is -4.88. The smallest absolute Gasteiger partial charge is 0.326 e. The number of carbonyl (C=O) groups is 5. The monoisotopic (exact) mass is 360 g/mol. The predicted molar refractivity (Wildman–Crippen MR) is 85.3 cm³/mol. The molecule has 0 aliphatic heterocycles. The Balaban J connectivity index is 4.80. The molecule has 25 heavy (non-hydrogen) atoms. The van der Waals surface area contributed by atoms with Gasteiger partial charge in [0.15, 0.2) is 0 Å². The Morgan fingerprint density at radius 2 is 1.60 bits per heavy atom. The Kier molecular flexibility index (Phi) is 9.79. The molecule has 0 saturated carbocycles. The van der Waals surface area contributed by atoms with Gasteiger partial charge in [-0.15, -0.1) is 0 Å². The molecule has 3 amide bonds. The van der Waals surface area contributed by atoms with Crippen LogP contribution in [0.15, 0.2) is 0 Å². The topological polar surface area (TPSA) is 188 Å². The molecule has 0 aliphatic carbocycles. The number of carboxylic acids is 2. The van der Waals surface area contributed by atoms with Gasteiger partial charge < -0.3 is 31.9 Å². The van der Waals surface area contributed by atoms with Crippen LogP contribution in [0.1, 0.15) is 26.7 Å². The Labute approximate surface area is 144 Å². The quantitative estimate of drug-likeness (QED) is 0.236. The third-order valence-corrected chi connectivity index (χ3v) is 3.16. The van der Waals surface area contributed by atoms with Crippen molar-refractivity contribution >= 4 is 29.7 Å². The summed E-state index contributed by atoms with van der Waals surface area (Å²) in [6.45, 7) is 2.60. The van der Waals surface area contributed by atoms with Crippen LogP contribution in [-0.4, -0.2) is 65.0 Å². The standard InChI is InChI=1S/C14H24N4O7/c1-7(2)12(18-10(20)6-16-9(19)5-15)13(23)17-8(14(24)25)3-4-11(21)22/h7-8,12H,3-6,15H2,1-2H3,(H,16,19)(H,17,23)(H,18,20)(H,21,22)(H,24,25). The lowest BCUT2D eigenvalue weighted by molar-refractivity contribution is -0.143. The lowest BCUT2D eigenvalue weighted by Gasteiger charge is -2.24. The fraction of sp³-hybridized carbons (Fsp3) is 0.643. The molecule has 0 rings (SSSR count). The number of hydrogen-bond acceptors (Lipinski definition) is 6. The number of aliphatic carboxylic acids is 2. The van der Waals surface area contributed by atoms with Gasteiger partial charge in [-0.3, -0.25) is 19.2 Å². The second-order valence-electron chi connectivity index (χ2n) is 5.60. The fourth-order valence-electron chi connectivity index (χ4n) is 1.80. The molecule has 0 aromatic rings. The number of carboxylic acid groups (broad SMARTS) is 2. The zero-order valence-corrected chi connectivity index (χ0v) is 14.1. The Bertz CT molecular complexity index is 521. The molecule has 0 aliphatic rings. The highest BCUT2D eigenvalue weighted by Crippen LogP contribution is 2.05. The average molecular weight is 360 g/mol. The van der Waals surface area contributed by atoms with Crippen molar-refractivity contribution in [3.8, 4) is 0 Å². The highest BCUT2D eigenvalue weighted by atomic mass is 16.4. The van der Waals surface area contributed by atoms with Crippen molar-refractivity contribution in [2.24, 2.45) is 11.7 Å². The fourth-order valence-corrected chi connectivity index (χ4v) is 1.80. The van der Waals surface area contributed by atoms with Crippen molar-refractivity contribution in [1.82, 2.24) is 16.0 Å². The normalized spacial score (nSPS) is 12.8. The van der Waals surface area contributed by atoms with Gasteiger partial charge in [-0.05, 0) is 12.3 Å². The summed E-state index contributed by atoms with van der Waals surface area (Å²) < 4.78 is 0. The van der Waals surface area contributed by atoms with Gasteiger partial charge in [-0.25, -0.2) is 4.79 Å². The minimum Gasteiger partial charge on any atom is -0.481 e. The summed E-state index contributed by atoms with van der Waals surface area (Å²) >= 11 is 0. The minimum atomic E-state index is -1.39. The van der Waals surface area contributed by atoms with Gasteiger partial charge >= 0.3 is 11.9 Å². The molecule has 11 nitrogen and oxygen atoms in total. The highest BCUT2D eigenvalue weighted by Gasteiger charge is 2.28. The van der Waals surface area contributed by atoms with Gasteiger partial charge in [0.05, 0.1) is 13.1 Å². The summed E-state index contributed by atoms with van der Waals surface area (Å²) in [7, 11) is 0. The van der Waals surface area contributed by atoms with Crippen molar-refractivity contribution in [3.05, 3.63) is 0 Å². The van der Waals surface area contributed by atoms with Crippen molar-refractivity contribution in [1.29, 1.82) is 0 Å². The lowest BCUT2D eigenvalue weighted by Crippen LogP contribution is -2.55. The molecular formula is C14H24N4O7. The molecule has 0 radical (unpaired) electrons. The van der Waals surface area contributed by atoms with E-state index < -0.39 is 48.2 Å². The van der Waals surface area contributed by atoms with Crippen LogP contribution in [0.5, 0.6) is 0 Å². The van der Waals surface area contributed by atoms with E-state index in [0.717, 1.165) is 0 Å². The number of nitrogens with two attached hydrogens (primary N) is 1. The van der Waals surface area contributed by atoms with Crippen LogP contribution in [0.2, 0.25) is 0 Å². The van der Waals surface area contributed by atoms with Gasteiger partial charge in [0.1, 0.15) is 12.1 Å². The maximum absolute atomic E-state index is 12.2. The van der Waals surface area contributed by atoms with E-state index in [-0.39, 0.29) is 25.4 Å². The molecule has 0 bridgehead atoms. The maximum Gasteiger partial charge on any atom is 0.326 e. The SMILES string of the molecule is CC(C)C(NC(=O)CNC(=O)CN)C(=O)NC(CCC(=O)O)C(=O)O. The molecule has 0 fully saturated rings. The number of amides is 3. The van der Waals surface area contributed by atoms with E-state index in [2.05, 4.69) is 16.0 Å². The van der Waals surface area contributed by atoms with Gasteiger partial charge in [0, 0.05) is 6.42 Å². The van der Waals surface area contributed by atoms with Crippen LogP contribution in [0, 0.1) is 5.92 Å². The van der Waals surface area contributed by atoms with Gasteiger partial charge in [-0.1, -0.05) is 13.8 Å². The first-order valence-corrected chi connectivity index (χ1v) is 7.59. The van der Waals surface area contributed by atoms with Gasteiger partial charge in [0.2, 0.25) is 17.7 Å². The Morgan fingerprint density at radius 1 is 1.00 bits per heavy atom. The number of rotatable bonds is 11. The average Bonchev–Trinajstić information content (AvgIpc) is 2.52. The molecule has 2 unspecified atom stereocenters. The van der Waals surface area contributed by atoms with E-state index in [0.29, 0.717) is 0 Å². The van der Waals surface area contributed by atoms with E-state index in [1.54, 1.807) is 13.8 Å². The maximum atomic E-state index is 12.2. The first kappa shape index (κ1) is 22.3. The van der Waals surface area contributed by atoms with Gasteiger partial charge in [-0.2, -0.15) is 0 Å². The van der Waals surface area contributed by atoms with Crippen LogP contribution in [0.3, 0.4) is 0 Å². The molecule has 0 aromatic heterocycles. The molecule has 0 spiro atoms. The van der Waals surface area contributed by atoms with E-state index in [1.165, 1.54) is 0 Å². The predicted octanol–water partition coefficient (Wildman–Crippen LogP) is -2.36. The Morgan fingerprint density at radius 3 is 2.04 bits per heavy atom. The van der Waals surface area contributed by atoms with Crippen molar-refractivity contribution < 1.29 is 34.2 Å². The number of nitrogens with one attached hydrogen (secondary N) is 3. The minimum absolute atomic E-state index is 0.286. The van der Waals surface area contributed by atoms with Gasteiger partial charge in [0.25, 0.3) is 0 Å². The van der Waals surface area contributed by atoms with Crippen molar-refractivity contribution in [2.75, 3.05) is 13.1 Å². The van der Waals surface area contributed by atoms with E-state index in [1.807, 2.05) is 0 Å². The second kappa shape index (κ2) is 11.0. The molecule has 7 N–H and O–H groups in total. The van der Waals surface area contributed by atoms with Crippen LogP contribution < -0.4 is 21.7 Å². The summed E-state index contributed by atoms with van der Waals surface area (Å²) in [4.78, 5) is 56.7. The first-order valence-electron chi connectivity index (χ1n) is 7.59. The Hall–Kier alpha value is -2.69. The van der Waals surface area contributed by atoms with E-state index in [4.69, 9.17) is 15.9 Å². The zero-order chi connectivity index (χ0) is 19.6. The molecular weight excluding hydrogens is 336 g/mol. The first-order chi connectivity index (χ1) is 11.6. The summed E-state index contributed by atoms with van der Waals surface area (Å²) in [5.41, 5.74) is 5.08. The molecule has 142 valence electrons. The largest absolute Gasteiger partial charge is 0.481 e. The summed E-state index contributed by atoms with van der Waals surface area (Å²) in [6, 6.07) is -2.44. The summed E-state index contributed by atoms with van der Waals surface area (Å²) in [5, 5.41) is 24.5. The van der Waals surface area contributed by atoms with E-state index >= 15 is 0 Å². The molecule has 0 saturated heterocycles. The molecule has 11 heteroatoms. The highest BCUT2D eigenvalue weighted by molar-refractivity contribution is 5.92.